The van der Waals surface area contributed by atoms with Crippen LogP contribution < -0.4 is 5.32 Å². The molecule has 148 valence electrons. The third-order valence-electron chi connectivity index (χ3n) is 4.65. The molecule has 3 aromatic rings. The highest BCUT2D eigenvalue weighted by molar-refractivity contribution is 6.10. The summed E-state index contributed by atoms with van der Waals surface area (Å²) in [5, 5.41) is 12.3. The van der Waals surface area contributed by atoms with Crippen molar-refractivity contribution in [3.05, 3.63) is 72.0 Å². The minimum absolute atomic E-state index is 0.0485. The zero-order chi connectivity index (χ0) is 21.3. The van der Waals surface area contributed by atoms with Gasteiger partial charge in [0.2, 0.25) is 5.76 Å². The molecule has 0 saturated heterocycles. The van der Waals surface area contributed by atoms with E-state index in [9.17, 15) is 19.6 Å². The molecular weight excluding hydrogens is 386 g/mol. The lowest BCUT2D eigenvalue weighted by molar-refractivity contribution is -0.147. The molecule has 1 aliphatic heterocycles. The number of ether oxygens (including phenoxy) is 1. The Balaban J connectivity index is 1.37. The zero-order valence-corrected chi connectivity index (χ0v) is 15.7. The number of esters is 1. The van der Waals surface area contributed by atoms with Crippen molar-refractivity contribution in [2.24, 2.45) is 0 Å². The minimum Gasteiger partial charge on any atom is -0.454 e. The van der Waals surface area contributed by atoms with Crippen molar-refractivity contribution in [1.29, 1.82) is 5.26 Å². The van der Waals surface area contributed by atoms with Crippen molar-refractivity contribution < 1.29 is 23.5 Å². The predicted octanol–water partition coefficient (Wildman–Crippen LogP) is 2.91. The van der Waals surface area contributed by atoms with Gasteiger partial charge >= 0.3 is 5.97 Å². The molecule has 1 N–H and O–H groups in total. The number of benzene rings is 2. The van der Waals surface area contributed by atoms with E-state index in [-0.39, 0.29) is 23.9 Å². The van der Waals surface area contributed by atoms with Crippen LogP contribution in [0.5, 0.6) is 0 Å². The lowest BCUT2D eigenvalue weighted by atomic mass is 10.1. The number of fused-ring (bicyclic) bond motifs is 2. The Morgan fingerprint density at radius 3 is 2.57 bits per heavy atom. The number of anilines is 1. The molecule has 2 heterocycles. The van der Waals surface area contributed by atoms with Gasteiger partial charge in [-0.05, 0) is 18.2 Å². The molecule has 0 bridgehead atoms. The highest BCUT2D eigenvalue weighted by Gasteiger charge is 2.32. The van der Waals surface area contributed by atoms with E-state index in [4.69, 9.17) is 9.15 Å². The third kappa shape index (κ3) is 3.29. The number of hydrogen-bond acceptors (Lipinski definition) is 6. The smallest absolute Gasteiger partial charge is 0.326 e. The lowest BCUT2D eigenvalue weighted by Crippen LogP contribution is -2.32. The Labute approximate surface area is 170 Å². The first-order chi connectivity index (χ1) is 14.5. The fourth-order valence-electron chi connectivity index (χ4n) is 3.25. The van der Waals surface area contributed by atoms with Crippen LogP contribution in [0.4, 0.5) is 5.69 Å². The number of para-hydroxylation sites is 1. The van der Waals surface area contributed by atoms with Gasteiger partial charge in [0.1, 0.15) is 23.9 Å². The van der Waals surface area contributed by atoms with Gasteiger partial charge in [-0.15, -0.1) is 0 Å². The molecule has 0 atom stereocenters. The number of nitrogens with zero attached hydrogens (tertiary/aromatic N) is 2. The van der Waals surface area contributed by atoms with Gasteiger partial charge in [-0.2, -0.15) is 5.26 Å². The predicted molar refractivity (Wildman–Crippen MR) is 107 cm³/mol. The van der Waals surface area contributed by atoms with E-state index >= 15 is 0 Å². The third-order valence-corrected chi connectivity index (χ3v) is 4.65. The van der Waals surface area contributed by atoms with Crippen molar-refractivity contribution in [3.63, 3.8) is 0 Å². The Morgan fingerprint density at radius 1 is 1.13 bits per heavy atom. The molecule has 30 heavy (non-hydrogen) atoms. The van der Waals surface area contributed by atoms with Crippen LogP contribution in [0.3, 0.4) is 0 Å². The monoisotopic (exact) mass is 401 g/mol. The molecule has 8 nitrogen and oxygen atoms in total. The van der Waals surface area contributed by atoms with Gasteiger partial charge in [-0.3, -0.25) is 19.3 Å². The van der Waals surface area contributed by atoms with E-state index in [0.29, 0.717) is 27.8 Å². The first-order valence-electron chi connectivity index (χ1n) is 8.97. The number of nitriles is 1. The molecule has 1 aliphatic rings. The quantitative estimate of drug-likeness (QED) is 0.658. The number of furan rings is 1. The maximum absolute atomic E-state index is 12.4. The molecule has 0 fully saturated rings. The summed E-state index contributed by atoms with van der Waals surface area (Å²) in [6.45, 7) is 2.91. The molecule has 0 radical (unpaired) electrons. The van der Waals surface area contributed by atoms with Crippen molar-refractivity contribution in [2.45, 2.75) is 0 Å². The van der Waals surface area contributed by atoms with Crippen LogP contribution in [-0.2, 0) is 14.3 Å². The normalized spacial score (nSPS) is 12.6. The van der Waals surface area contributed by atoms with Gasteiger partial charge < -0.3 is 14.5 Å². The first-order valence-corrected chi connectivity index (χ1v) is 8.97. The molecular formula is C22H15N3O5. The summed E-state index contributed by atoms with van der Waals surface area (Å²) >= 11 is 0. The van der Waals surface area contributed by atoms with E-state index in [1.54, 1.807) is 48.5 Å². The van der Waals surface area contributed by atoms with Crippen molar-refractivity contribution >= 4 is 40.1 Å². The van der Waals surface area contributed by atoms with E-state index in [2.05, 4.69) is 11.9 Å². The van der Waals surface area contributed by atoms with Gasteiger partial charge in [0.05, 0.1) is 0 Å². The van der Waals surface area contributed by atoms with Crippen LogP contribution in [0, 0.1) is 11.3 Å². The minimum atomic E-state index is -0.759. The van der Waals surface area contributed by atoms with Crippen LogP contribution in [-0.4, -0.2) is 35.8 Å². The zero-order valence-electron chi connectivity index (χ0n) is 15.7. The molecule has 1 aromatic heterocycles. The van der Waals surface area contributed by atoms with Crippen LogP contribution in [0.1, 0.15) is 21.7 Å². The van der Waals surface area contributed by atoms with Crippen molar-refractivity contribution in [2.75, 3.05) is 18.5 Å². The van der Waals surface area contributed by atoms with E-state index in [0.717, 1.165) is 0 Å². The summed E-state index contributed by atoms with van der Waals surface area (Å²) in [6, 6.07) is 15.6. The van der Waals surface area contributed by atoms with E-state index in [1.807, 2.05) is 6.07 Å². The molecule has 2 amide bonds. The summed E-state index contributed by atoms with van der Waals surface area (Å²) in [4.78, 5) is 38.0. The maximum atomic E-state index is 12.4. The maximum Gasteiger partial charge on any atom is 0.326 e. The molecule has 0 unspecified atom stereocenters. The van der Waals surface area contributed by atoms with Gasteiger partial charge in [0, 0.05) is 22.2 Å². The molecule has 0 saturated carbocycles. The molecule has 0 spiro atoms. The lowest BCUT2D eigenvalue weighted by Gasteiger charge is -2.16. The number of rotatable bonds is 5. The summed E-state index contributed by atoms with van der Waals surface area (Å²) < 4.78 is 10.4. The molecule has 8 heteroatoms. The fourth-order valence-corrected chi connectivity index (χ4v) is 3.25. The SMILES string of the molecule is C=C1c2ccccc2C(=O)N1CC(=O)OCC(=O)Nc1c(C#N)oc2ccccc12. The average Bonchev–Trinajstić information content (AvgIpc) is 3.23. The Kier molecular flexibility index (Phi) is 4.78. The number of nitrogens with one attached hydrogen (secondary N) is 1. The highest BCUT2D eigenvalue weighted by atomic mass is 16.5. The Hall–Kier alpha value is -4.38. The average molecular weight is 401 g/mol. The summed E-state index contributed by atoms with van der Waals surface area (Å²) in [5.41, 5.74) is 2.19. The van der Waals surface area contributed by atoms with Gasteiger partial charge in [0.25, 0.3) is 11.8 Å². The van der Waals surface area contributed by atoms with Crippen LogP contribution >= 0.6 is 0 Å². The van der Waals surface area contributed by atoms with Crippen LogP contribution in [0.25, 0.3) is 16.7 Å². The van der Waals surface area contributed by atoms with E-state index < -0.39 is 18.5 Å². The second-order valence-corrected chi connectivity index (χ2v) is 6.51. The van der Waals surface area contributed by atoms with Crippen molar-refractivity contribution in [1.82, 2.24) is 4.90 Å². The second kappa shape index (κ2) is 7.56. The summed E-state index contributed by atoms with van der Waals surface area (Å²) in [5.74, 6) is -1.79. The highest BCUT2D eigenvalue weighted by Crippen LogP contribution is 2.31. The topological polar surface area (TPSA) is 113 Å². The number of carbonyl (C=O) groups is 3. The number of carbonyl (C=O) groups excluding carboxylic acids is 3. The van der Waals surface area contributed by atoms with Gasteiger partial charge in [-0.1, -0.05) is 36.9 Å². The van der Waals surface area contributed by atoms with Crippen LogP contribution in [0.2, 0.25) is 0 Å². The van der Waals surface area contributed by atoms with Gasteiger partial charge in [0.15, 0.2) is 6.61 Å². The Bertz CT molecular complexity index is 1220. The second-order valence-electron chi connectivity index (χ2n) is 6.51. The first kappa shape index (κ1) is 19.0. The van der Waals surface area contributed by atoms with E-state index in [1.165, 1.54) is 4.90 Å². The molecule has 2 aromatic carbocycles. The summed E-state index contributed by atoms with van der Waals surface area (Å²) in [6.07, 6.45) is 0. The van der Waals surface area contributed by atoms with Crippen molar-refractivity contribution in [3.8, 4) is 6.07 Å². The number of amides is 2. The van der Waals surface area contributed by atoms with Gasteiger partial charge in [-0.25, -0.2) is 0 Å². The number of hydrogen-bond donors (Lipinski definition) is 1. The Morgan fingerprint density at radius 2 is 1.83 bits per heavy atom. The molecule has 0 aliphatic carbocycles. The standard InChI is InChI=1S/C22H15N3O5/c1-13-14-6-2-3-7-15(14)22(28)25(13)11-20(27)29-12-19(26)24-21-16-8-4-5-9-17(16)30-18(21)10-23/h2-9H,1,11-12H2,(H,24,26). The largest absolute Gasteiger partial charge is 0.454 e. The summed E-state index contributed by atoms with van der Waals surface area (Å²) in [7, 11) is 0. The fraction of sp³-hybridized carbons (Fsp3) is 0.0909. The van der Waals surface area contributed by atoms with Crippen LogP contribution in [0.15, 0.2) is 59.5 Å². The molecule has 4 rings (SSSR count).